The molecular formula is C13H17BrN2O. The number of halogens is 1. The minimum atomic E-state index is 0.0958. The first-order valence-electron chi connectivity index (χ1n) is 6.03. The molecule has 0 aliphatic carbocycles. The Morgan fingerprint density at radius 3 is 2.59 bits per heavy atom. The summed E-state index contributed by atoms with van der Waals surface area (Å²) < 4.78 is 0.848. The van der Waals surface area contributed by atoms with Crippen LogP contribution in [0.15, 0.2) is 22.9 Å². The largest absolute Gasteiger partial charge is 0.333 e. The molecule has 0 spiro atoms. The van der Waals surface area contributed by atoms with Gasteiger partial charge >= 0.3 is 0 Å². The Bertz CT molecular complexity index is 412. The molecule has 1 amide bonds. The van der Waals surface area contributed by atoms with Gasteiger partial charge in [0.2, 0.25) is 0 Å². The second kappa shape index (κ2) is 5.17. The third kappa shape index (κ3) is 2.68. The number of piperidine rings is 1. The number of amides is 1. The highest BCUT2D eigenvalue weighted by molar-refractivity contribution is 9.10. The SMILES string of the molecule is CC1CCCC(C)N1C(=O)c1cncc(Br)c1. The summed E-state index contributed by atoms with van der Waals surface area (Å²) in [6, 6.07) is 2.49. The zero-order chi connectivity index (χ0) is 12.4. The van der Waals surface area contributed by atoms with Gasteiger partial charge in [-0.05, 0) is 55.1 Å². The van der Waals surface area contributed by atoms with Crippen LogP contribution >= 0.6 is 15.9 Å². The number of rotatable bonds is 1. The van der Waals surface area contributed by atoms with E-state index in [0.29, 0.717) is 17.6 Å². The lowest BCUT2D eigenvalue weighted by Crippen LogP contribution is -2.47. The van der Waals surface area contributed by atoms with Gasteiger partial charge in [-0.1, -0.05) is 0 Å². The van der Waals surface area contributed by atoms with Crippen LogP contribution in [0, 0.1) is 0 Å². The fourth-order valence-electron chi connectivity index (χ4n) is 2.50. The number of nitrogens with zero attached hydrogens (tertiary/aromatic N) is 2. The Morgan fingerprint density at radius 1 is 1.35 bits per heavy atom. The molecule has 0 saturated carbocycles. The first-order chi connectivity index (χ1) is 8.09. The second-order valence-corrected chi connectivity index (χ2v) is 5.65. The smallest absolute Gasteiger partial charge is 0.255 e. The van der Waals surface area contributed by atoms with E-state index in [1.807, 2.05) is 11.0 Å². The van der Waals surface area contributed by atoms with Crippen molar-refractivity contribution in [3.8, 4) is 0 Å². The standard InChI is InChI=1S/C13H17BrN2O/c1-9-4-3-5-10(2)16(9)13(17)11-6-12(14)8-15-7-11/h6-10H,3-5H2,1-2H3. The lowest BCUT2D eigenvalue weighted by Gasteiger charge is -2.39. The minimum absolute atomic E-state index is 0.0958. The van der Waals surface area contributed by atoms with Gasteiger partial charge in [-0.2, -0.15) is 0 Å². The molecular weight excluding hydrogens is 280 g/mol. The predicted octanol–water partition coefficient (Wildman–Crippen LogP) is 3.25. The van der Waals surface area contributed by atoms with E-state index in [1.165, 1.54) is 6.42 Å². The van der Waals surface area contributed by atoms with Gasteiger partial charge in [-0.25, -0.2) is 0 Å². The Balaban J connectivity index is 2.24. The van der Waals surface area contributed by atoms with E-state index in [0.717, 1.165) is 17.3 Å². The summed E-state index contributed by atoms with van der Waals surface area (Å²) >= 11 is 3.35. The van der Waals surface area contributed by atoms with E-state index in [2.05, 4.69) is 34.8 Å². The number of aromatic nitrogens is 1. The Morgan fingerprint density at radius 2 is 2.00 bits per heavy atom. The number of carbonyl (C=O) groups excluding carboxylic acids is 1. The molecule has 0 N–H and O–H groups in total. The molecule has 1 fully saturated rings. The average molecular weight is 297 g/mol. The average Bonchev–Trinajstić information content (AvgIpc) is 2.28. The van der Waals surface area contributed by atoms with Gasteiger partial charge in [-0.3, -0.25) is 9.78 Å². The second-order valence-electron chi connectivity index (χ2n) is 4.73. The van der Waals surface area contributed by atoms with Crippen LogP contribution in [0.4, 0.5) is 0 Å². The van der Waals surface area contributed by atoms with E-state index in [4.69, 9.17) is 0 Å². The number of likely N-dealkylation sites (tertiary alicyclic amines) is 1. The molecule has 1 aliphatic rings. The van der Waals surface area contributed by atoms with Crippen LogP contribution in [0.3, 0.4) is 0 Å². The van der Waals surface area contributed by atoms with Crippen molar-refractivity contribution in [1.29, 1.82) is 0 Å². The molecule has 1 aromatic rings. The molecule has 92 valence electrons. The van der Waals surface area contributed by atoms with Crippen LogP contribution in [0.25, 0.3) is 0 Å². The molecule has 1 aromatic heterocycles. The number of pyridine rings is 1. The number of carbonyl (C=O) groups is 1. The van der Waals surface area contributed by atoms with Crippen LogP contribution in [-0.2, 0) is 0 Å². The zero-order valence-corrected chi connectivity index (χ0v) is 11.8. The molecule has 1 saturated heterocycles. The van der Waals surface area contributed by atoms with Gasteiger partial charge in [-0.15, -0.1) is 0 Å². The van der Waals surface area contributed by atoms with Crippen molar-refractivity contribution in [3.05, 3.63) is 28.5 Å². The normalized spacial score (nSPS) is 24.8. The third-order valence-corrected chi connectivity index (χ3v) is 3.81. The van der Waals surface area contributed by atoms with Gasteiger partial charge in [0.15, 0.2) is 0 Å². The quantitative estimate of drug-likeness (QED) is 0.797. The summed E-state index contributed by atoms with van der Waals surface area (Å²) in [6.45, 7) is 4.25. The maximum absolute atomic E-state index is 12.4. The van der Waals surface area contributed by atoms with Crippen molar-refractivity contribution in [2.45, 2.75) is 45.2 Å². The maximum atomic E-state index is 12.4. The molecule has 2 heterocycles. The summed E-state index contributed by atoms with van der Waals surface area (Å²) in [4.78, 5) is 18.5. The zero-order valence-electron chi connectivity index (χ0n) is 10.2. The predicted molar refractivity (Wildman–Crippen MR) is 70.9 cm³/mol. The van der Waals surface area contributed by atoms with E-state index < -0.39 is 0 Å². The van der Waals surface area contributed by atoms with E-state index in [1.54, 1.807) is 12.4 Å². The van der Waals surface area contributed by atoms with Crippen molar-refractivity contribution in [2.24, 2.45) is 0 Å². The first kappa shape index (κ1) is 12.6. The molecule has 0 aromatic carbocycles. The van der Waals surface area contributed by atoms with Crippen molar-refractivity contribution in [1.82, 2.24) is 9.88 Å². The molecule has 2 rings (SSSR count). The van der Waals surface area contributed by atoms with Crippen molar-refractivity contribution in [3.63, 3.8) is 0 Å². The lowest BCUT2D eigenvalue weighted by molar-refractivity contribution is 0.0510. The fraction of sp³-hybridized carbons (Fsp3) is 0.538. The lowest BCUT2D eigenvalue weighted by atomic mass is 9.96. The van der Waals surface area contributed by atoms with E-state index in [9.17, 15) is 4.79 Å². The van der Waals surface area contributed by atoms with Crippen LogP contribution in [-0.4, -0.2) is 27.9 Å². The molecule has 0 radical (unpaired) electrons. The molecule has 2 atom stereocenters. The summed E-state index contributed by atoms with van der Waals surface area (Å²) in [5, 5.41) is 0. The highest BCUT2D eigenvalue weighted by atomic mass is 79.9. The summed E-state index contributed by atoms with van der Waals surface area (Å²) in [5.41, 5.74) is 0.667. The summed E-state index contributed by atoms with van der Waals surface area (Å²) in [5.74, 6) is 0.0958. The van der Waals surface area contributed by atoms with E-state index >= 15 is 0 Å². The molecule has 1 aliphatic heterocycles. The van der Waals surface area contributed by atoms with Crippen LogP contribution < -0.4 is 0 Å². The molecule has 2 unspecified atom stereocenters. The third-order valence-electron chi connectivity index (χ3n) is 3.38. The molecule has 3 nitrogen and oxygen atoms in total. The topological polar surface area (TPSA) is 33.2 Å². The van der Waals surface area contributed by atoms with Crippen molar-refractivity contribution >= 4 is 21.8 Å². The van der Waals surface area contributed by atoms with Crippen molar-refractivity contribution < 1.29 is 4.79 Å². The highest BCUT2D eigenvalue weighted by Gasteiger charge is 2.29. The molecule has 17 heavy (non-hydrogen) atoms. The Kier molecular flexibility index (Phi) is 3.82. The van der Waals surface area contributed by atoms with Crippen LogP contribution in [0.5, 0.6) is 0 Å². The Hall–Kier alpha value is -0.900. The van der Waals surface area contributed by atoms with Gasteiger partial charge in [0, 0.05) is 29.0 Å². The summed E-state index contributed by atoms with van der Waals surface area (Å²) in [6.07, 6.45) is 6.73. The van der Waals surface area contributed by atoms with Crippen LogP contribution in [0.2, 0.25) is 0 Å². The van der Waals surface area contributed by atoms with E-state index in [-0.39, 0.29) is 5.91 Å². The minimum Gasteiger partial charge on any atom is -0.333 e. The maximum Gasteiger partial charge on any atom is 0.255 e. The molecule has 0 bridgehead atoms. The fourth-order valence-corrected chi connectivity index (χ4v) is 2.86. The first-order valence-corrected chi connectivity index (χ1v) is 6.82. The number of hydrogen-bond acceptors (Lipinski definition) is 2. The number of hydrogen-bond donors (Lipinski definition) is 0. The summed E-state index contributed by atoms with van der Waals surface area (Å²) in [7, 11) is 0. The molecule has 4 heteroatoms. The van der Waals surface area contributed by atoms with Gasteiger partial charge in [0.05, 0.1) is 5.56 Å². The van der Waals surface area contributed by atoms with Crippen LogP contribution in [0.1, 0.15) is 43.5 Å². The van der Waals surface area contributed by atoms with Gasteiger partial charge in [0.1, 0.15) is 0 Å². The van der Waals surface area contributed by atoms with Crippen molar-refractivity contribution in [2.75, 3.05) is 0 Å². The monoisotopic (exact) mass is 296 g/mol. The van der Waals surface area contributed by atoms with Gasteiger partial charge in [0.25, 0.3) is 5.91 Å². The van der Waals surface area contributed by atoms with Gasteiger partial charge < -0.3 is 4.90 Å². The highest BCUT2D eigenvalue weighted by Crippen LogP contribution is 2.24. The Labute approximate surface area is 110 Å².